The van der Waals surface area contributed by atoms with Crippen LogP contribution in [0.2, 0.25) is 0 Å². The molecule has 0 saturated carbocycles. The lowest BCUT2D eigenvalue weighted by molar-refractivity contribution is 0.792. The molecule has 0 bridgehead atoms. The smallest absolute Gasteiger partial charge is 0.00537 e. The van der Waals surface area contributed by atoms with Gasteiger partial charge in [-0.2, -0.15) is 0 Å². The van der Waals surface area contributed by atoms with E-state index in [4.69, 9.17) is 0 Å². The molecule has 0 heterocycles. The third-order valence-electron chi connectivity index (χ3n) is 1.78. The van der Waals surface area contributed by atoms with Crippen molar-refractivity contribution in [3.63, 3.8) is 0 Å². The van der Waals surface area contributed by atoms with Crippen LogP contribution >= 0.6 is 25.3 Å². The Labute approximate surface area is 85.2 Å². The van der Waals surface area contributed by atoms with Gasteiger partial charge in [-0.3, -0.25) is 0 Å². The molecule has 0 aliphatic carbocycles. The van der Waals surface area contributed by atoms with Gasteiger partial charge in [-0.15, -0.1) is 25.3 Å². The molecule has 0 saturated heterocycles. The Balaban J connectivity index is 2.72. The summed E-state index contributed by atoms with van der Waals surface area (Å²) in [7, 11) is 0. The minimum Gasteiger partial charge on any atom is -0.143 e. The molecular formula is C10H14S2. The SMILES string of the molecule is CCCCc1cc(S)cc(S)c1. The summed E-state index contributed by atoms with van der Waals surface area (Å²) < 4.78 is 0. The molecule has 0 aromatic heterocycles. The van der Waals surface area contributed by atoms with Crippen molar-refractivity contribution in [3.8, 4) is 0 Å². The maximum atomic E-state index is 4.30. The quantitative estimate of drug-likeness (QED) is 0.681. The number of rotatable bonds is 3. The fourth-order valence-corrected chi connectivity index (χ4v) is 1.89. The van der Waals surface area contributed by atoms with Crippen molar-refractivity contribution in [2.75, 3.05) is 0 Å². The van der Waals surface area contributed by atoms with Crippen LogP contribution in [0.25, 0.3) is 0 Å². The van der Waals surface area contributed by atoms with Crippen molar-refractivity contribution in [1.82, 2.24) is 0 Å². The van der Waals surface area contributed by atoms with Gasteiger partial charge in [-0.05, 0) is 36.6 Å². The lowest BCUT2D eigenvalue weighted by atomic mass is 10.1. The standard InChI is InChI=1S/C10H14S2/c1-2-3-4-8-5-9(11)7-10(12)6-8/h5-7,11-12H,2-4H2,1H3. The zero-order valence-corrected chi connectivity index (χ0v) is 9.04. The van der Waals surface area contributed by atoms with E-state index in [2.05, 4.69) is 44.3 Å². The van der Waals surface area contributed by atoms with Crippen molar-refractivity contribution >= 4 is 25.3 Å². The van der Waals surface area contributed by atoms with Crippen LogP contribution < -0.4 is 0 Å². The average Bonchev–Trinajstić information content (AvgIpc) is 1.99. The monoisotopic (exact) mass is 198 g/mol. The maximum absolute atomic E-state index is 4.30. The van der Waals surface area contributed by atoms with Gasteiger partial charge in [-0.25, -0.2) is 0 Å². The lowest BCUT2D eigenvalue weighted by Gasteiger charge is -2.02. The van der Waals surface area contributed by atoms with Crippen LogP contribution in [0.4, 0.5) is 0 Å². The fourth-order valence-electron chi connectivity index (χ4n) is 1.18. The lowest BCUT2D eigenvalue weighted by Crippen LogP contribution is -1.84. The Morgan fingerprint density at radius 1 is 1.08 bits per heavy atom. The summed E-state index contributed by atoms with van der Waals surface area (Å²) in [6.45, 7) is 2.20. The molecule has 0 fully saturated rings. The molecule has 0 spiro atoms. The highest BCUT2D eigenvalue weighted by atomic mass is 32.1. The van der Waals surface area contributed by atoms with Gasteiger partial charge in [0.05, 0.1) is 0 Å². The van der Waals surface area contributed by atoms with E-state index in [1.54, 1.807) is 0 Å². The number of benzene rings is 1. The molecule has 66 valence electrons. The van der Waals surface area contributed by atoms with Crippen molar-refractivity contribution in [2.24, 2.45) is 0 Å². The van der Waals surface area contributed by atoms with E-state index in [9.17, 15) is 0 Å². The summed E-state index contributed by atoms with van der Waals surface area (Å²) in [5, 5.41) is 0. The van der Waals surface area contributed by atoms with Crippen LogP contribution in [-0.2, 0) is 6.42 Å². The van der Waals surface area contributed by atoms with Crippen LogP contribution in [0.5, 0.6) is 0 Å². The van der Waals surface area contributed by atoms with E-state index in [0.717, 1.165) is 16.2 Å². The Morgan fingerprint density at radius 3 is 2.17 bits per heavy atom. The predicted molar refractivity (Wildman–Crippen MR) is 59.6 cm³/mol. The highest BCUT2D eigenvalue weighted by molar-refractivity contribution is 7.81. The van der Waals surface area contributed by atoms with Crippen LogP contribution in [0.1, 0.15) is 25.3 Å². The van der Waals surface area contributed by atoms with Gasteiger partial charge >= 0.3 is 0 Å². The van der Waals surface area contributed by atoms with E-state index in [-0.39, 0.29) is 0 Å². The first-order valence-electron chi connectivity index (χ1n) is 4.24. The Kier molecular flexibility index (Phi) is 4.02. The molecule has 0 aliphatic rings. The first-order valence-corrected chi connectivity index (χ1v) is 5.13. The van der Waals surface area contributed by atoms with E-state index < -0.39 is 0 Å². The van der Waals surface area contributed by atoms with E-state index in [1.165, 1.54) is 18.4 Å². The van der Waals surface area contributed by atoms with Gasteiger partial charge in [0.25, 0.3) is 0 Å². The number of hydrogen-bond donors (Lipinski definition) is 2. The molecule has 1 aromatic carbocycles. The zero-order chi connectivity index (χ0) is 8.97. The second kappa shape index (κ2) is 4.83. The summed E-state index contributed by atoms with van der Waals surface area (Å²) in [5.41, 5.74) is 1.34. The van der Waals surface area contributed by atoms with Crippen molar-refractivity contribution in [3.05, 3.63) is 23.8 Å². The summed E-state index contributed by atoms with van der Waals surface area (Å²) >= 11 is 8.59. The largest absolute Gasteiger partial charge is 0.143 e. The first-order chi connectivity index (χ1) is 5.72. The number of thiol groups is 2. The second-order valence-corrected chi connectivity index (χ2v) is 3.99. The minimum atomic E-state index is 1.01. The molecule has 0 radical (unpaired) electrons. The molecule has 2 heteroatoms. The zero-order valence-electron chi connectivity index (χ0n) is 7.25. The normalized spacial score (nSPS) is 10.2. The van der Waals surface area contributed by atoms with Crippen molar-refractivity contribution in [1.29, 1.82) is 0 Å². The Hall–Kier alpha value is -0.0800. The van der Waals surface area contributed by atoms with Crippen molar-refractivity contribution < 1.29 is 0 Å². The summed E-state index contributed by atoms with van der Waals surface area (Å²) in [6.07, 6.45) is 3.61. The molecule has 1 aromatic rings. The summed E-state index contributed by atoms with van der Waals surface area (Å²) in [5.74, 6) is 0. The number of unbranched alkanes of at least 4 members (excludes halogenated alkanes) is 1. The minimum absolute atomic E-state index is 1.01. The Bertz CT molecular complexity index is 236. The van der Waals surface area contributed by atoms with Gasteiger partial charge in [0.15, 0.2) is 0 Å². The van der Waals surface area contributed by atoms with Crippen LogP contribution in [0.3, 0.4) is 0 Å². The molecule has 0 aliphatic heterocycles. The fraction of sp³-hybridized carbons (Fsp3) is 0.400. The predicted octanol–water partition coefficient (Wildman–Crippen LogP) is 3.61. The summed E-state index contributed by atoms with van der Waals surface area (Å²) in [4.78, 5) is 2.02. The highest BCUT2D eigenvalue weighted by Crippen LogP contribution is 2.17. The third-order valence-corrected chi connectivity index (χ3v) is 2.30. The van der Waals surface area contributed by atoms with Crippen LogP contribution in [0, 0.1) is 0 Å². The second-order valence-electron chi connectivity index (χ2n) is 2.96. The third kappa shape index (κ3) is 3.11. The molecule has 1 rings (SSSR count). The van der Waals surface area contributed by atoms with Gasteiger partial charge in [0, 0.05) is 9.79 Å². The molecule has 0 N–H and O–H groups in total. The summed E-state index contributed by atoms with van der Waals surface area (Å²) in [6, 6.07) is 6.18. The molecule has 0 atom stereocenters. The molecule has 0 amide bonds. The molecule has 0 unspecified atom stereocenters. The van der Waals surface area contributed by atoms with Gasteiger partial charge in [0.1, 0.15) is 0 Å². The average molecular weight is 198 g/mol. The Morgan fingerprint density at radius 2 is 1.67 bits per heavy atom. The topological polar surface area (TPSA) is 0 Å². The van der Waals surface area contributed by atoms with E-state index >= 15 is 0 Å². The number of aryl methyl sites for hydroxylation is 1. The van der Waals surface area contributed by atoms with E-state index in [1.807, 2.05) is 6.07 Å². The first kappa shape index (κ1) is 10.0. The van der Waals surface area contributed by atoms with Crippen LogP contribution in [-0.4, -0.2) is 0 Å². The van der Waals surface area contributed by atoms with Gasteiger partial charge < -0.3 is 0 Å². The number of hydrogen-bond acceptors (Lipinski definition) is 2. The highest BCUT2D eigenvalue weighted by Gasteiger charge is 1.95. The molecule has 12 heavy (non-hydrogen) atoms. The maximum Gasteiger partial charge on any atom is 0.00537 e. The van der Waals surface area contributed by atoms with Gasteiger partial charge in [-0.1, -0.05) is 13.3 Å². The van der Waals surface area contributed by atoms with Crippen LogP contribution in [0.15, 0.2) is 28.0 Å². The van der Waals surface area contributed by atoms with Crippen molar-refractivity contribution in [2.45, 2.75) is 36.0 Å². The molecule has 0 nitrogen and oxygen atoms in total. The molecular weight excluding hydrogens is 184 g/mol. The van der Waals surface area contributed by atoms with E-state index in [0.29, 0.717) is 0 Å². The van der Waals surface area contributed by atoms with Gasteiger partial charge in [0.2, 0.25) is 0 Å².